The summed E-state index contributed by atoms with van der Waals surface area (Å²) in [5.74, 6) is 0.537. The topological polar surface area (TPSA) is 112 Å². The van der Waals surface area contributed by atoms with Crippen molar-refractivity contribution in [1.82, 2.24) is 24.9 Å². The van der Waals surface area contributed by atoms with Crippen LogP contribution in [0.2, 0.25) is 5.15 Å². The number of methoxy groups -OCH3 is 1. The number of nitrogens with zero attached hydrogens (tertiary/aromatic N) is 5. The molecule has 1 amide bonds. The molecule has 0 saturated heterocycles. The van der Waals surface area contributed by atoms with Crippen molar-refractivity contribution >= 4 is 23.3 Å². The molecule has 0 spiro atoms. The maximum absolute atomic E-state index is 13.2. The van der Waals surface area contributed by atoms with Crippen molar-refractivity contribution in [2.75, 3.05) is 25.6 Å². The molecule has 31 heavy (non-hydrogen) atoms. The number of halogens is 1. The van der Waals surface area contributed by atoms with Crippen LogP contribution in [0.1, 0.15) is 26.0 Å². The molecule has 0 bridgehead atoms. The summed E-state index contributed by atoms with van der Waals surface area (Å²) in [4.78, 5) is 34.4. The molecule has 0 aliphatic rings. The number of carbonyl (C=O) groups is 1. The fraction of sp³-hybridized carbons (Fsp3) is 0.333. The molecule has 1 atom stereocenters. The van der Waals surface area contributed by atoms with Crippen molar-refractivity contribution in [3.63, 3.8) is 0 Å². The SMILES string of the molecule is CCOc1cncc(-c2ccc(NC(=O)C(C)(CCOC)c3cncc(Cl)n3)nc2)n1. The number of hydrogen-bond donors (Lipinski definition) is 1. The predicted octanol–water partition coefficient (Wildman–Crippen LogP) is 3.31. The van der Waals surface area contributed by atoms with Gasteiger partial charge in [0.1, 0.15) is 11.0 Å². The molecule has 3 rings (SSSR count). The summed E-state index contributed by atoms with van der Waals surface area (Å²) in [6, 6.07) is 3.50. The van der Waals surface area contributed by atoms with Crippen molar-refractivity contribution in [2.24, 2.45) is 0 Å². The molecule has 1 N–H and O–H groups in total. The second kappa shape index (κ2) is 10.2. The number of nitrogens with one attached hydrogen (secondary N) is 1. The summed E-state index contributed by atoms with van der Waals surface area (Å²) in [5, 5.41) is 3.06. The number of pyridine rings is 1. The Morgan fingerprint density at radius 3 is 2.61 bits per heavy atom. The molecule has 10 heteroatoms. The maximum Gasteiger partial charge on any atom is 0.237 e. The van der Waals surface area contributed by atoms with Crippen molar-refractivity contribution in [3.05, 3.63) is 54.0 Å². The van der Waals surface area contributed by atoms with Crippen molar-refractivity contribution in [3.8, 4) is 17.1 Å². The summed E-state index contributed by atoms with van der Waals surface area (Å²) < 4.78 is 10.6. The molecule has 9 nitrogen and oxygen atoms in total. The molecule has 0 saturated carbocycles. The van der Waals surface area contributed by atoms with Crippen LogP contribution in [-0.4, -0.2) is 51.2 Å². The minimum atomic E-state index is -1.01. The third-order valence-corrected chi connectivity index (χ3v) is 4.87. The number of aromatic nitrogens is 5. The second-order valence-electron chi connectivity index (χ2n) is 6.86. The average molecular weight is 443 g/mol. The molecular formula is C21H23ClN6O3. The van der Waals surface area contributed by atoms with Gasteiger partial charge in [-0.2, -0.15) is 0 Å². The number of amides is 1. The molecule has 0 radical (unpaired) electrons. The maximum atomic E-state index is 13.2. The standard InChI is InChI=1S/C21H23ClN6O3/c1-4-31-19-13-23-10-15(26-19)14-5-6-18(25-9-14)28-20(29)21(2,7-8-30-3)16-11-24-12-17(22)27-16/h5-6,9-13H,4,7-8H2,1-3H3,(H,25,28,29). The summed E-state index contributed by atoms with van der Waals surface area (Å²) in [5.41, 5.74) is 0.811. The second-order valence-corrected chi connectivity index (χ2v) is 7.25. The molecule has 0 aromatic carbocycles. The van der Waals surface area contributed by atoms with Crippen molar-refractivity contribution in [1.29, 1.82) is 0 Å². The van der Waals surface area contributed by atoms with Gasteiger partial charge in [0.05, 0.1) is 42.0 Å². The molecule has 0 aliphatic heterocycles. The highest BCUT2D eigenvalue weighted by Gasteiger charge is 2.37. The van der Waals surface area contributed by atoms with Gasteiger partial charge in [-0.1, -0.05) is 11.6 Å². The van der Waals surface area contributed by atoms with E-state index in [0.717, 1.165) is 5.56 Å². The van der Waals surface area contributed by atoms with Crippen LogP contribution in [0.3, 0.4) is 0 Å². The monoisotopic (exact) mass is 442 g/mol. The van der Waals surface area contributed by atoms with Crippen LogP contribution in [0, 0.1) is 0 Å². The molecule has 3 aromatic rings. The van der Waals surface area contributed by atoms with E-state index in [-0.39, 0.29) is 11.1 Å². The lowest BCUT2D eigenvalue weighted by molar-refractivity contribution is -0.121. The highest BCUT2D eigenvalue weighted by atomic mass is 35.5. The van der Waals surface area contributed by atoms with E-state index in [4.69, 9.17) is 21.1 Å². The van der Waals surface area contributed by atoms with Gasteiger partial charge in [0.2, 0.25) is 11.8 Å². The molecule has 0 fully saturated rings. The minimum absolute atomic E-state index is 0.215. The molecule has 3 heterocycles. The van der Waals surface area contributed by atoms with Gasteiger partial charge in [0, 0.05) is 31.7 Å². The summed E-state index contributed by atoms with van der Waals surface area (Å²) >= 11 is 5.99. The van der Waals surface area contributed by atoms with Gasteiger partial charge < -0.3 is 14.8 Å². The van der Waals surface area contributed by atoms with E-state index in [1.807, 2.05) is 6.92 Å². The van der Waals surface area contributed by atoms with Gasteiger partial charge in [-0.25, -0.2) is 15.0 Å². The average Bonchev–Trinajstić information content (AvgIpc) is 2.78. The van der Waals surface area contributed by atoms with Gasteiger partial charge in [0.15, 0.2) is 0 Å². The Bertz CT molecular complexity index is 1030. The zero-order chi connectivity index (χ0) is 22.3. The largest absolute Gasteiger partial charge is 0.477 e. The van der Waals surface area contributed by atoms with Crippen molar-refractivity contribution in [2.45, 2.75) is 25.7 Å². The van der Waals surface area contributed by atoms with Gasteiger partial charge in [-0.3, -0.25) is 14.8 Å². The van der Waals surface area contributed by atoms with E-state index >= 15 is 0 Å². The fourth-order valence-corrected chi connectivity index (χ4v) is 3.00. The molecule has 3 aromatic heterocycles. The van der Waals surface area contributed by atoms with Gasteiger partial charge in [-0.15, -0.1) is 0 Å². The Kier molecular flexibility index (Phi) is 7.43. The number of rotatable bonds is 9. The Hall–Kier alpha value is -3.17. The normalized spacial score (nSPS) is 12.8. The quantitative estimate of drug-likeness (QED) is 0.537. The van der Waals surface area contributed by atoms with E-state index in [1.165, 1.54) is 12.4 Å². The van der Waals surface area contributed by atoms with E-state index in [2.05, 4.69) is 30.2 Å². The first-order chi connectivity index (χ1) is 15.0. The third kappa shape index (κ3) is 5.50. The van der Waals surface area contributed by atoms with Crippen LogP contribution >= 0.6 is 11.6 Å². The lowest BCUT2D eigenvalue weighted by Gasteiger charge is -2.27. The van der Waals surface area contributed by atoms with Gasteiger partial charge in [-0.05, 0) is 32.4 Å². The first-order valence-corrected chi connectivity index (χ1v) is 10.0. The van der Waals surface area contributed by atoms with Crippen LogP contribution in [0.25, 0.3) is 11.3 Å². The lowest BCUT2D eigenvalue weighted by Crippen LogP contribution is -2.39. The van der Waals surface area contributed by atoms with Crippen LogP contribution in [0.15, 0.2) is 43.1 Å². The summed E-state index contributed by atoms with van der Waals surface area (Å²) in [7, 11) is 1.58. The number of ether oxygens (including phenoxy) is 2. The molecule has 1 unspecified atom stereocenters. The molecule has 0 aliphatic carbocycles. The predicted molar refractivity (Wildman–Crippen MR) is 116 cm³/mol. The lowest BCUT2D eigenvalue weighted by atomic mass is 9.82. The Morgan fingerprint density at radius 2 is 1.94 bits per heavy atom. The van der Waals surface area contributed by atoms with Crippen LogP contribution in [0.4, 0.5) is 5.82 Å². The van der Waals surface area contributed by atoms with Gasteiger partial charge in [0.25, 0.3) is 0 Å². The summed E-state index contributed by atoms with van der Waals surface area (Å²) in [6.07, 6.45) is 8.13. The van der Waals surface area contributed by atoms with Crippen LogP contribution in [0.5, 0.6) is 5.88 Å². The summed E-state index contributed by atoms with van der Waals surface area (Å²) in [6.45, 7) is 4.51. The van der Waals surface area contributed by atoms with E-state index in [1.54, 1.807) is 44.8 Å². The smallest absolute Gasteiger partial charge is 0.237 e. The first-order valence-electron chi connectivity index (χ1n) is 9.66. The minimum Gasteiger partial charge on any atom is -0.477 e. The molecule has 162 valence electrons. The Balaban J connectivity index is 1.80. The fourth-order valence-electron chi connectivity index (χ4n) is 2.85. The Labute approximate surface area is 185 Å². The van der Waals surface area contributed by atoms with E-state index in [0.29, 0.717) is 42.7 Å². The zero-order valence-electron chi connectivity index (χ0n) is 17.5. The molecular weight excluding hydrogens is 420 g/mol. The van der Waals surface area contributed by atoms with Crippen LogP contribution < -0.4 is 10.1 Å². The zero-order valence-corrected chi connectivity index (χ0v) is 18.3. The first kappa shape index (κ1) is 22.5. The van der Waals surface area contributed by atoms with Crippen LogP contribution in [-0.2, 0) is 14.9 Å². The number of hydrogen-bond acceptors (Lipinski definition) is 8. The van der Waals surface area contributed by atoms with E-state index < -0.39 is 5.41 Å². The van der Waals surface area contributed by atoms with Gasteiger partial charge >= 0.3 is 0 Å². The van der Waals surface area contributed by atoms with E-state index in [9.17, 15) is 4.79 Å². The highest BCUT2D eigenvalue weighted by Crippen LogP contribution is 2.29. The number of carbonyl (C=O) groups excluding carboxylic acids is 1. The highest BCUT2D eigenvalue weighted by molar-refractivity contribution is 6.29. The number of anilines is 1. The third-order valence-electron chi connectivity index (χ3n) is 4.68. The Morgan fingerprint density at radius 1 is 1.13 bits per heavy atom. The van der Waals surface area contributed by atoms with Crippen molar-refractivity contribution < 1.29 is 14.3 Å².